The van der Waals surface area contributed by atoms with Gasteiger partial charge in [0, 0.05) is 42.9 Å². The minimum Gasteiger partial charge on any atom is -0.495 e. The normalized spacial score (nSPS) is 14.3. The molecule has 1 aliphatic rings. The maximum Gasteiger partial charge on any atom is 0.323 e. The third-order valence-electron chi connectivity index (χ3n) is 6.73. The van der Waals surface area contributed by atoms with E-state index in [0.29, 0.717) is 22.9 Å². The highest BCUT2D eigenvalue weighted by Crippen LogP contribution is 2.30. The summed E-state index contributed by atoms with van der Waals surface area (Å²) >= 11 is 0. The van der Waals surface area contributed by atoms with Crippen molar-refractivity contribution in [2.75, 3.05) is 55.9 Å². The molecule has 188 valence electrons. The second-order valence-electron chi connectivity index (χ2n) is 9.19. The molecule has 5 aromatic rings. The number of nitrogens with one attached hydrogen (secondary N) is 4. The molecule has 1 fully saturated rings. The van der Waals surface area contributed by atoms with Crippen LogP contribution >= 0.6 is 0 Å². The molecule has 6 rings (SSSR count). The molecule has 3 aromatic carbocycles. The summed E-state index contributed by atoms with van der Waals surface area (Å²) in [7, 11) is 3.72. The largest absolute Gasteiger partial charge is 0.495 e. The van der Waals surface area contributed by atoms with Crippen LogP contribution in [0.4, 0.5) is 21.9 Å². The number of aromatic amines is 2. The van der Waals surface area contributed by atoms with Crippen LogP contribution in [-0.2, 0) is 0 Å². The molecule has 4 N–H and O–H groups in total. The number of nitrogens with zero attached hydrogens (tertiary/aromatic N) is 4. The van der Waals surface area contributed by atoms with Crippen molar-refractivity contribution in [1.29, 1.82) is 0 Å². The Kier molecular flexibility index (Phi) is 5.85. The number of ether oxygens (including phenoxy) is 1. The number of methoxy groups -OCH3 is 1. The number of anilines is 3. The van der Waals surface area contributed by atoms with Gasteiger partial charge in [0.15, 0.2) is 5.82 Å². The van der Waals surface area contributed by atoms with Gasteiger partial charge in [-0.25, -0.2) is 9.78 Å². The molecule has 2 amide bonds. The van der Waals surface area contributed by atoms with Gasteiger partial charge < -0.3 is 30.2 Å². The van der Waals surface area contributed by atoms with Crippen molar-refractivity contribution in [3.05, 3.63) is 60.7 Å². The van der Waals surface area contributed by atoms with Crippen LogP contribution < -0.4 is 20.3 Å². The number of likely N-dealkylation sites (N-methyl/N-ethyl adjacent to an activating group) is 1. The first-order valence-electron chi connectivity index (χ1n) is 12.2. The molecule has 0 saturated carbocycles. The lowest BCUT2D eigenvalue weighted by Gasteiger charge is -2.34. The summed E-state index contributed by atoms with van der Waals surface area (Å²) in [5.74, 6) is 1.29. The predicted octanol–water partition coefficient (Wildman–Crippen LogP) is 4.51. The molecule has 0 aliphatic carbocycles. The first kappa shape index (κ1) is 22.9. The Labute approximate surface area is 213 Å². The maximum atomic E-state index is 12.5. The van der Waals surface area contributed by atoms with Crippen molar-refractivity contribution in [3.63, 3.8) is 0 Å². The number of benzene rings is 3. The monoisotopic (exact) mass is 496 g/mol. The van der Waals surface area contributed by atoms with Crippen LogP contribution in [0, 0.1) is 0 Å². The number of para-hydroxylation sites is 2. The van der Waals surface area contributed by atoms with E-state index in [0.717, 1.165) is 53.8 Å². The molecule has 10 heteroatoms. The van der Waals surface area contributed by atoms with Gasteiger partial charge in [-0.05, 0) is 55.6 Å². The summed E-state index contributed by atoms with van der Waals surface area (Å²) in [4.78, 5) is 25.5. The minimum atomic E-state index is -0.364. The highest BCUT2D eigenvalue weighted by molar-refractivity contribution is 6.02. The highest BCUT2D eigenvalue weighted by atomic mass is 16.5. The fourth-order valence-electron chi connectivity index (χ4n) is 4.68. The zero-order chi connectivity index (χ0) is 25.4. The van der Waals surface area contributed by atoms with Crippen LogP contribution in [0.1, 0.15) is 0 Å². The highest BCUT2D eigenvalue weighted by Gasteiger charge is 2.17. The standard InChI is InChI=1S/C27H28N8O2/c1-34-11-13-35(14-12-34)18-8-10-20-23(16-18)30-26(29-20)25-19-9-7-17(15-22(19)32-33-25)28-27(36)31-21-5-3-4-6-24(21)37-2/h3-10,15-16H,11-14H2,1-2H3,(H,29,30)(H,32,33)(H2,28,31,36). The Morgan fingerprint density at radius 3 is 2.65 bits per heavy atom. The fraction of sp³-hybridized carbons (Fsp3) is 0.222. The average Bonchev–Trinajstić information content (AvgIpc) is 3.52. The quantitative estimate of drug-likeness (QED) is 0.285. The maximum absolute atomic E-state index is 12.5. The molecule has 37 heavy (non-hydrogen) atoms. The Morgan fingerprint density at radius 1 is 0.973 bits per heavy atom. The molecule has 0 unspecified atom stereocenters. The van der Waals surface area contributed by atoms with Gasteiger partial charge in [-0.2, -0.15) is 5.10 Å². The van der Waals surface area contributed by atoms with Crippen LogP contribution in [-0.4, -0.2) is 71.4 Å². The van der Waals surface area contributed by atoms with Gasteiger partial charge in [-0.15, -0.1) is 0 Å². The predicted molar refractivity (Wildman–Crippen MR) is 147 cm³/mol. The average molecular weight is 497 g/mol. The molecular formula is C27H28N8O2. The van der Waals surface area contributed by atoms with E-state index in [1.807, 2.05) is 30.3 Å². The van der Waals surface area contributed by atoms with Gasteiger partial charge in [-0.1, -0.05) is 12.1 Å². The molecule has 3 heterocycles. The van der Waals surface area contributed by atoms with E-state index in [4.69, 9.17) is 9.72 Å². The van der Waals surface area contributed by atoms with Crippen molar-refractivity contribution >= 4 is 45.0 Å². The topological polar surface area (TPSA) is 114 Å². The summed E-state index contributed by atoms with van der Waals surface area (Å²) in [5.41, 5.74) is 5.83. The van der Waals surface area contributed by atoms with E-state index in [1.54, 1.807) is 19.2 Å². The van der Waals surface area contributed by atoms with Gasteiger partial charge >= 0.3 is 6.03 Å². The van der Waals surface area contributed by atoms with Crippen molar-refractivity contribution < 1.29 is 9.53 Å². The van der Waals surface area contributed by atoms with E-state index in [9.17, 15) is 4.79 Å². The van der Waals surface area contributed by atoms with Crippen molar-refractivity contribution in [3.8, 4) is 17.3 Å². The lowest BCUT2D eigenvalue weighted by atomic mass is 10.2. The molecule has 0 spiro atoms. The molecule has 2 aromatic heterocycles. The second-order valence-corrected chi connectivity index (χ2v) is 9.19. The number of carbonyl (C=O) groups excluding carboxylic acids is 1. The summed E-state index contributed by atoms with van der Waals surface area (Å²) < 4.78 is 5.29. The smallest absolute Gasteiger partial charge is 0.323 e. The van der Waals surface area contributed by atoms with E-state index in [-0.39, 0.29) is 6.03 Å². The third kappa shape index (κ3) is 4.54. The number of imidazole rings is 1. The molecule has 0 atom stereocenters. The van der Waals surface area contributed by atoms with E-state index >= 15 is 0 Å². The number of hydrogen-bond donors (Lipinski definition) is 4. The number of fused-ring (bicyclic) bond motifs is 2. The van der Waals surface area contributed by atoms with Gasteiger partial charge in [0.2, 0.25) is 0 Å². The minimum absolute atomic E-state index is 0.364. The van der Waals surface area contributed by atoms with Crippen molar-refractivity contribution in [1.82, 2.24) is 25.1 Å². The molecule has 1 aliphatic heterocycles. The SMILES string of the molecule is COc1ccccc1NC(=O)Nc1ccc2c(-c3nc4ccc(N5CCN(C)CC5)cc4[nH]3)n[nH]c2c1. The zero-order valence-corrected chi connectivity index (χ0v) is 20.7. The van der Waals surface area contributed by atoms with Crippen LogP contribution in [0.2, 0.25) is 0 Å². The van der Waals surface area contributed by atoms with Gasteiger partial charge in [0.25, 0.3) is 0 Å². The molecular weight excluding hydrogens is 468 g/mol. The summed E-state index contributed by atoms with van der Waals surface area (Å²) in [6, 6.07) is 18.9. The Hall–Kier alpha value is -4.57. The van der Waals surface area contributed by atoms with Gasteiger partial charge in [-0.3, -0.25) is 5.10 Å². The molecule has 10 nitrogen and oxygen atoms in total. The first-order chi connectivity index (χ1) is 18.1. The van der Waals surface area contributed by atoms with Crippen LogP contribution in [0.15, 0.2) is 60.7 Å². The number of carbonyl (C=O) groups is 1. The fourth-order valence-corrected chi connectivity index (χ4v) is 4.68. The third-order valence-corrected chi connectivity index (χ3v) is 6.73. The molecule has 0 bridgehead atoms. The second kappa shape index (κ2) is 9.47. The van der Waals surface area contributed by atoms with Crippen molar-refractivity contribution in [2.24, 2.45) is 0 Å². The first-order valence-corrected chi connectivity index (χ1v) is 12.2. The van der Waals surface area contributed by atoms with E-state index in [1.165, 1.54) is 5.69 Å². The lowest BCUT2D eigenvalue weighted by Crippen LogP contribution is -2.44. The Balaban J connectivity index is 1.21. The summed E-state index contributed by atoms with van der Waals surface area (Å²) in [5, 5.41) is 14.2. The van der Waals surface area contributed by atoms with E-state index in [2.05, 4.69) is 60.9 Å². The number of rotatable bonds is 5. The number of urea groups is 1. The Morgan fingerprint density at radius 2 is 1.81 bits per heavy atom. The zero-order valence-electron chi connectivity index (χ0n) is 20.7. The van der Waals surface area contributed by atoms with Gasteiger partial charge in [0.05, 0.1) is 29.3 Å². The molecule has 1 saturated heterocycles. The van der Waals surface area contributed by atoms with Crippen LogP contribution in [0.3, 0.4) is 0 Å². The number of aromatic nitrogens is 4. The van der Waals surface area contributed by atoms with Crippen LogP contribution in [0.5, 0.6) is 5.75 Å². The lowest BCUT2D eigenvalue weighted by molar-refractivity contribution is 0.262. The summed E-state index contributed by atoms with van der Waals surface area (Å²) in [6.45, 7) is 4.15. The van der Waals surface area contributed by atoms with Crippen molar-refractivity contribution in [2.45, 2.75) is 0 Å². The number of amides is 2. The Bertz CT molecular complexity index is 1580. The number of piperazine rings is 1. The van der Waals surface area contributed by atoms with E-state index < -0.39 is 0 Å². The molecule has 0 radical (unpaired) electrons. The van der Waals surface area contributed by atoms with Gasteiger partial charge in [0.1, 0.15) is 11.4 Å². The van der Waals surface area contributed by atoms with Crippen LogP contribution in [0.25, 0.3) is 33.5 Å². The number of hydrogen-bond acceptors (Lipinski definition) is 6. The number of H-pyrrole nitrogens is 2. The summed E-state index contributed by atoms with van der Waals surface area (Å²) in [6.07, 6.45) is 0.